The van der Waals surface area contributed by atoms with Gasteiger partial charge in [-0.15, -0.1) is 0 Å². The van der Waals surface area contributed by atoms with E-state index in [1.54, 1.807) is 12.1 Å². The van der Waals surface area contributed by atoms with E-state index in [0.717, 1.165) is 56.9 Å². The largest absolute Gasteiger partial charge is 0.507 e. The number of phenols is 1. The number of aliphatic carboxylic acids is 1. The molecule has 0 aromatic heterocycles. The van der Waals surface area contributed by atoms with E-state index < -0.39 is 11.4 Å². The lowest BCUT2D eigenvalue weighted by Crippen LogP contribution is -2.66. The summed E-state index contributed by atoms with van der Waals surface area (Å²) in [6, 6.07) is 12.4. The summed E-state index contributed by atoms with van der Waals surface area (Å²) in [7, 11) is 2.91. The second-order valence-corrected chi connectivity index (χ2v) is 19.3. The summed E-state index contributed by atoms with van der Waals surface area (Å²) in [5.74, 6) is 0.248. The second-order valence-electron chi connectivity index (χ2n) is 19.3. The van der Waals surface area contributed by atoms with E-state index in [-0.39, 0.29) is 73.6 Å². The molecule has 9 atom stereocenters. The summed E-state index contributed by atoms with van der Waals surface area (Å²) < 4.78 is 10.2. The number of ether oxygens (including phenoxy) is 2. The zero-order valence-corrected chi connectivity index (χ0v) is 34.3. The van der Waals surface area contributed by atoms with Crippen LogP contribution in [-0.2, 0) is 9.59 Å². The number of carbonyl (C=O) groups excluding carboxylic acids is 2. The average Bonchev–Trinajstić information content (AvgIpc) is 3.14. The van der Waals surface area contributed by atoms with Gasteiger partial charge in [0.2, 0.25) is 0 Å². The summed E-state index contributed by atoms with van der Waals surface area (Å²) in [5, 5.41) is 30.9. The molecule has 298 valence electrons. The highest BCUT2D eigenvalue weighted by atomic mass is 16.5. The molecule has 9 unspecified atom stereocenters. The van der Waals surface area contributed by atoms with E-state index in [0.29, 0.717) is 18.1 Å². The van der Waals surface area contributed by atoms with Gasteiger partial charge in [-0.1, -0.05) is 83.5 Å². The number of allylic oxidation sites excluding steroid dienone is 3. The molecule has 0 spiro atoms. The minimum absolute atomic E-state index is 0.0296. The lowest BCUT2D eigenvalue weighted by molar-refractivity contribution is -0.202. The number of aromatic hydroxyl groups is 1. The third-order valence-electron chi connectivity index (χ3n) is 16.1. The fourth-order valence-electron chi connectivity index (χ4n) is 12.3. The van der Waals surface area contributed by atoms with Gasteiger partial charge in [-0.05, 0) is 121 Å². The Morgan fingerprint density at radius 2 is 1.53 bits per heavy atom. The molecule has 2 aromatic carbocycles. The monoisotopic (exact) mass is 754 g/mol. The van der Waals surface area contributed by atoms with Gasteiger partial charge in [-0.2, -0.15) is 0 Å². The van der Waals surface area contributed by atoms with Gasteiger partial charge >= 0.3 is 5.97 Å². The normalized spacial score (nSPS) is 37.5. The SMILES string of the molecule is CC1(C(=O)O)CCC2(C)CCC3(C)C(=CC(=O)C4C5(C)CCC(O)C(C)(C)C5CCC43C)C2C1.COc1cc(O)c(C(=O)C=Cc2ccccc2)c(OC)c1. The highest BCUT2D eigenvalue weighted by Gasteiger charge is 2.70. The first kappa shape index (κ1) is 40.7. The minimum atomic E-state index is -0.711. The summed E-state index contributed by atoms with van der Waals surface area (Å²) in [6.07, 6.45) is 13.0. The van der Waals surface area contributed by atoms with Crippen LogP contribution in [-0.4, -0.2) is 53.2 Å². The molecule has 0 aliphatic heterocycles. The van der Waals surface area contributed by atoms with Crippen molar-refractivity contribution in [2.75, 3.05) is 14.2 Å². The van der Waals surface area contributed by atoms with Gasteiger partial charge in [0.25, 0.3) is 0 Å². The first-order valence-electron chi connectivity index (χ1n) is 20.1. The van der Waals surface area contributed by atoms with Crippen molar-refractivity contribution in [2.45, 2.75) is 112 Å². The highest BCUT2D eigenvalue weighted by Crippen LogP contribution is 2.75. The van der Waals surface area contributed by atoms with Crippen molar-refractivity contribution in [1.82, 2.24) is 0 Å². The number of methoxy groups -OCH3 is 2. The quantitative estimate of drug-likeness (QED) is 0.196. The molecule has 3 N–H and O–H groups in total. The molecule has 8 nitrogen and oxygen atoms in total. The molecule has 0 amide bonds. The topological polar surface area (TPSA) is 130 Å². The van der Waals surface area contributed by atoms with E-state index in [1.807, 2.05) is 43.3 Å². The molecule has 4 fully saturated rings. The van der Waals surface area contributed by atoms with Gasteiger partial charge in [-0.25, -0.2) is 0 Å². The van der Waals surface area contributed by atoms with Crippen molar-refractivity contribution in [3.8, 4) is 17.2 Å². The van der Waals surface area contributed by atoms with E-state index >= 15 is 0 Å². The van der Waals surface area contributed by atoms with Gasteiger partial charge < -0.3 is 24.8 Å². The fourth-order valence-corrected chi connectivity index (χ4v) is 12.3. The van der Waals surface area contributed by atoms with Crippen LogP contribution in [0.4, 0.5) is 0 Å². The number of benzene rings is 2. The Morgan fingerprint density at radius 1 is 0.855 bits per heavy atom. The van der Waals surface area contributed by atoms with Gasteiger partial charge in [0, 0.05) is 18.1 Å². The number of rotatable bonds is 6. The van der Waals surface area contributed by atoms with Crippen LogP contribution in [0.3, 0.4) is 0 Å². The fraction of sp³-hybridized carbons (Fsp3) is 0.596. The molecule has 0 radical (unpaired) electrons. The number of fused-ring (bicyclic) bond motifs is 7. The number of aliphatic hydroxyl groups is 1. The van der Waals surface area contributed by atoms with Crippen LogP contribution in [0.2, 0.25) is 0 Å². The molecule has 7 rings (SSSR count). The molecule has 2 aromatic rings. The predicted octanol–water partition coefficient (Wildman–Crippen LogP) is 9.72. The van der Waals surface area contributed by atoms with Crippen molar-refractivity contribution in [3.63, 3.8) is 0 Å². The summed E-state index contributed by atoms with van der Waals surface area (Å²) in [4.78, 5) is 38.7. The van der Waals surface area contributed by atoms with Gasteiger partial charge in [0.1, 0.15) is 22.8 Å². The van der Waals surface area contributed by atoms with Crippen LogP contribution in [0, 0.1) is 50.2 Å². The molecular weight excluding hydrogens is 693 g/mol. The van der Waals surface area contributed by atoms with Gasteiger partial charge in [0.05, 0.1) is 25.7 Å². The highest BCUT2D eigenvalue weighted by molar-refractivity contribution is 6.10. The Bertz CT molecular complexity index is 1890. The van der Waals surface area contributed by atoms with E-state index in [9.17, 15) is 29.7 Å². The maximum Gasteiger partial charge on any atom is 0.309 e. The second kappa shape index (κ2) is 14.2. The van der Waals surface area contributed by atoms with Crippen molar-refractivity contribution in [2.24, 2.45) is 50.2 Å². The minimum Gasteiger partial charge on any atom is -0.507 e. The zero-order valence-electron chi connectivity index (χ0n) is 34.3. The standard InChI is InChI=1S/C30H46O4.C17H16O4/c1-25(2)21-8-11-30(7)23(28(21,5)10-9-22(25)32)20(31)16-18-19-17-27(4,24(33)34)13-12-26(19,3)14-15-29(18,30)6;1-20-13-10-15(19)17(16(11-13)21-2)14(18)9-8-12-6-4-3-5-7-12/h16,19,21-23,32H,8-15,17H2,1-7H3,(H,33,34);3-11,19H,1-2H3. The molecule has 5 aliphatic rings. The number of aliphatic hydroxyl groups excluding tert-OH is 1. The third-order valence-corrected chi connectivity index (χ3v) is 16.1. The smallest absolute Gasteiger partial charge is 0.309 e. The van der Waals surface area contributed by atoms with Crippen molar-refractivity contribution >= 4 is 23.6 Å². The first-order chi connectivity index (χ1) is 25.7. The lowest BCUT2D eigenvalue weighted by atomic mass is 9.33. The predicted molar refractivity (Wildman–Crippen MR) is 214 cm³/mol. The van der Waals surface area contributed by atoms with E-state index in [4.69, 9.17) is 9.47 Å². The number of carboxylic acids is 1. The van der Waals surface area contributed by atoms with Crippen LogP contribution in [0.15, 0.2) is 60.2 Å². The van der Waals surface area contributed by atoms with E-state index in [2.05, 4.69) is 41.5 Å². The Labute approximate surface area is 327 Å². The maximum atomic E-state index is 14.2. The van der Waals surface area contributed by atoms with Crippen LogP contribution in [0.1, 0.15) is 122 Å². The average molecular weight is 755 g/mol. The number of phenolic OH excluding ortho intramolecular Hbond substituents is 1. The lowest BCUT2D eigenvalue weighted by Gasteiger charge is -2.70. The van der Waals surface area contributed by atoms with Crippen LogP contribution < -0.4 is 9.47 Å². The Morgan fingerprint density at radius 3 is 2.16 bits per heavy atom. The first-order valence-corrected chi connectivity index (χ1v) is 20.1. The number of hydrogen-bond donors (Lipinski definition) is 3. The molecular formula is C47H62O8. The Balaban J connectivity index is 0.000000211. The molecule has 0 heterocycles. The van der Waals surface area contributed by atoms with Crippen LogP contribution in [0.25, 0.3) is 6.08 Å². The van der Waals surface area contributed by atoms with Gasteiger partial charge in [-0.3, -0.25) is 14.4 Å². The summed E-state index contributed by atoms with van der Waals surface area (Å²) in [6.45, 7) is 15.8. The van der Waals surface area contributed by atoms with Crippen molar-refractivity contribution in [1.29, 1.82) is 0 Å². The Hall–Kier alpha value is -3.91. The summed E-state index contributed by atoms with van der Waals surface area (Å²) >= 11 is 0. The number of hydrogen-bond acceptors (Lipinski definition) is 7. The number of ketones is 2. The van der Waals surface area contributed by atoms with Crippen LogP contribution >= 0.6 is 0 Å². The molecule has 5 aliphatic carbocycles. The molecule has 55 heavy (non-hydrogen) atoms. The number of carboxylic acid groups (broad SMARTS) is 1. The number of carbonyl (C=O) groups is 3. The molecule has 4 saturated carbocycles. The van der Waals surface area contributed by atoms with Crippen molar-refractivity contribution in [3.05, 3.63) is 71.3 Å². The van der Waals surface area contributed by atoms with Gasteiger partial charge in [0.15, 0.2) is 11.6 Å². The van der Waals surface area contributed by atoms with Crippen molar-refractivity contribution < 1.29 is 39.2 Å². The third kappa shape index (κ3) is 6.54. The summed E-state index contributed by atoms with van der Waals surface area (Å²) in [5.41, 5.74) is 1.16. The molecule has 0 bridgehead atoms. The molecule has 0 saturated heterocycles. The maximum absolute atomic E-state index is 14.2. The Kier molecular flexibility index (Phi) is 10.5. The van der Waals surface area contributed by atoms with Crippen LogP contribution in [0.5, 0.6) is 17.2 Å². The van der Waals surface area contributed by atoms with E-state index in [1.165, 1.54) is 31.9 Å². The zero-order chi connectivity index (χ0) is 40.4. The molecule has 8 heteroatoms.